The number of rotatable bonds is 2. The Bertz CT molecular complexity index is 526. The molecule has 1 atom stereocenters. The maximum Gasteiger partial charge on any atom is 0.0445 e. The van der Waals surface area contributed by atoms with Crippen molar-refractivity contribution in [3.63, 3.8) is 0 Å². The van der Waals surface area contributed by atoms with Crippen LogP contribution in [0.4, 0.5) is 11.4 Å². The molecular weight excluding hydrogens is 230 g/mol. The van der Waals surface area contributed by atoms with Crippen molar-refractivity contribution in [2.75, 3.05) is 4.90 Å². The van der Waals surface area contributed by atoms with Crippen LogP contribution in [0.15, 0.2) is 48.5 Å². The molecule has 19 heavy (non-hydrogen) atoms. The maximum atomic E-state index is 2.53. The van der Waals surface area contributed by atoms with Gasteiger partial charge in [-0.25, -0.2) is 0 Å². The van der Waals surface area contributed by atoms with E-state index in [2.05, 4.69) is 67.3 Å². The zero-order chi connectivity index (χ0) is 13.2. The first-order valence-electron chi connectivity index (χ1n) is 7.26. The first kappa shape index (κ1) is 12.3. The van der Waals surface area contributed by atoms with Crippen LogP contribution >= 0.6 is 0 Å². The number of benzene rings is 2. The van der Waals surface area contributed by atoms with Gasteiger partial charge < -0.3 is 4.90 Å². The Labute approximate surface area is 115 Å². The summed E-state index contributed by atoms with van der Waals surface area (Å²) in [5, 5.41) is 0. The van der Waals surface area contributed by atoms with E-state index in [9.17, 15) is 0 Å². The lowest BCUT2D eigenvalue weighted by Gasteiger charge is -2.32. The van der Waals surface area contributed by atoms with Crippen LogP contribution in [0.2, 0.25) is 0 Å². The van der Waals surface area contributed by atoms with Gasteiger partial charge in [0.25, 0.3) is 0 Å². The zero-order valence-electron chi connectivity index (χ0n) is 11.8. The van der Waals surface area contributed by atoms with Crippen LogP contribution in [0, 0.1) is 0 Å². The van der Waals surface area contributed by atoms with Gasteiger partial charge in [0.2, 0.25) is 0 Å². The normalized spacial score (nSPS) is 15.4. The van der Waals surface area contributed by atoms with Crippen LogP contribution in [-0.2, 0) is 12.8 Å². The summed E-state index contributed by atoms with van der Waals surface area (Å²) in [6, 6.07) is 18.2. The zero-order valence-corrected chi connectivity index (χ0v) is 11.8. The molecule has 0 saturated heterocycles. The quantitative estimate of drug-likeness (QED) is 0.746. The molecule has 1 heterocycles. The fourth-order valence-electron chi connectivity index (χ4n) is 2.97. The summed E-state index contributed by atoms with van der Waals surface area (Å²) in [5.41, 5.74) is 5.72. The van der Waals surface area contributed by atoms with E-state index in [1.807, 2.05) is 0 Å². The van der Waals surface area contributed by atoms with Gasteiger partial charge in [0.1, 0.15) is 0 Å². The summed E-state index contributed by atoms with van der Waals surface area (Å²) in [4.78, 5) is 2.53. The molecule has 0 aliphatic carbocycles. The molecule has 0 aromatic heterocycles. The van der Waals surface area contributed by atoms with Gasteiger partial charge >= 0.3 is 0 Å². The van der Waals surface area contributed by atoms with Crippen LogP contribution in [-0.4, -0.2) is 6.04 Å². The lowest BCUT2D eigenvalue weighted by atomic mass is 10.0. The predicted molar refractivity (Wildman–Crippen MR) is 82.2 cm³/mol. The fourth-order valence-corrected chi connectivity index (χ4v) is 2.97. The third-order valence-corrected chi connectivity index (χ3v) is 4.20. The van der Waals surface area contributed by atoms with E-state index in [-0.39, 0.29) is 0 Å². The van der Waals surface area contributed by atoms with Crippen LogP contribution in [0.5, 0.6) is 0 Å². The summed E-state index contributed by atoms with van der Waals surface area (Å²) >= 11 is 0. The molecule has 0 amide bonds. The number of hydrogen-bond donors (Lipinski definition) is 0. The molecule has 98 valence electrons. The summed E-state index contributed by atoms with van der Waals surface area (Å²) in [7, 11) is 0. The second-order valence-corrected chi connectivity index (χ2v) is 5.38. The molecule has 2 aromatic rings. The highest BCUT2D eigenvalue weighted by Crippen LogP contribution is 2.37. The smallest absolute Gasteiger partial charge is 0.0445 e. The van der Waals surface area contributed by atoms with Gasteiger partial charge in [-0.1, -0.05) is 43.3 Å². The largest absolute Gasteiger partial charge is 0.338 e. The van der Waals surface area contributed by atoms with Gasteiger partial charge in [0.15, 0.2) is 0 Å². The average Bonchev–Trinajstić information content (AvgIpc) is 2.63. The third-order valence-electron chi connectivity index (χ3n) is 4.20. The Kier molecular flexibility index (Phi) is 3.29. The second kappa shape index (κ2) is 5.08. The van der Waals surface area contributed by atoms with Gasteiger partial charge in [-0.15, -0.1) is 0 Å². The number of para-hydroxylation sites is 2. The number of fused-ring (bicyclic) bond motifs is 2. The minimum atomic E-state index is 0.528. The van der Waals surface area contributed by atoms with E-state index < -0.39 is 0 Å². The molecule has 1 nitrogen and oxygen atoms in total. The van der Waals surface area contributed by atoms with Crippen LogP contribution in [0.3, 0.4) is 0 Å². The highest BCUT2D eigenvalue weighted by Gasteiger charge is 2.22. The van der Waals surface area contributed by atoms with E-state index in [0.29, 0.717) is 6.04 Å². The minimum absolute atomic E-state index is 0.528. The number of aryl methyl sites for hydroxylation is 2. The van der Waals surface area contributed by atoms with Crippen LogP contribution in [0.1, 0.15) is 31.4 Å². The first-order valence-corrected chi connectivity index (χ1v) is 7.26. The highest BCUT2D eigenvalue weighted by molar-refractivity contribution is 5.71. The number of hydrogen-bond acceptors (Lipinski definition) is 1. The molecule has 0 saturated carbocycles. The molecule has 3 rings (SSSR count). The van der Waals surface area contributed by atoms with Crippen molar-refractivity contribution in [1.29, 1.82) is 0 Å². The molecule has 1 heteroatoms. The maximum absolute atomic E-state index is 2.53. The van der Waals surface area contributed by atoms with Crippen LogP contribution in [0.25, 0.3) is 0 Å². The van der Waals surface area contributed by atoms with Crippen molar-refractivity contribution in [2.24, 2.45) is 0 Å². The standard InChI is InChI=1S/C18H21N/c1-3-14(2)19-17-10-6-4-8-15(17)12-13-16-9-5-7-11-18(16)19/h4-11,14H,3,12-13H2,1-2H3. The highest BCUT2D eigenvalue weighted by atomic mass is 15.2. The SMILES string of the molecule is CCC(C)N1c2ccccc2CCc2ccccc21. The van der Waals surface area contributed by atoms with Gasteiger partial charge in [0, 0.05) is 17.4 Å². The van der Waals surface area contributed by atoms with Crippen molar-refractivity contribution < 1.29 is 0 Å². The van der Waals surface area contributed by atoms with Crippen molar-refractivity contribution in [3.8, 4) is 0 Å². The van der Waals surface area contributed by atoms with E-state index >= 15 is 0 Å². The molecule has 1 aliphatic rings. The van der Waals surface area contributed by atoms with E-state index in [0.717, 1.165) is 19.3 Å². The predicted octanol–water partition coefficient (Wildman–Crippen LogP) is 4.72. The van der Waals surface area contributed by atoms with E-state index in [1.54, 1.807) is 0 Å². The lowest BCUT2D eigenvalue weighted by Crippen LogP contribution is -2.28. The minimum Gasteiger partial charge on any atom is -0.338 e. The summed E-state index contributed by atoms with van der Waals surface area (Å²) in [6.07, 6.45) is 3.43. The molecule has 0 bridgehead atoms. The molecule has 1 aliphatic heterocycles. The molecule has 2 aromatic carbocycles. The van der Waals surface area contributed by atoms with Crippen molar-refractivity contribution in [2.45, 2.75) is 39.2 Å². The summed E-state index contributed by atoms with van der Waals surface area (Å²) < 4.78 is 0. The van der Waals surface area contributed by atoms with Crippen molar-refractivity contribution >= 4 is 11.4 Å². The summed E-state index contributed by atoms with van der Waals surface area (Å²) in [6.45, 7) is 4.58. The monoisotopic (exact) mass is 251 g/mol. The second-order valence-electron chi connectivity index (χ2n) is 5.38. The lowest BCUT2D eigenvalue weighted by molar-refractivity contribution is 0.687. The number of anilines is 2. The Balaban J connectivity index is 2.19. The third kappa shape index (κ3) is 2.14. The number of nitrogens with zero attached hydrogens (tertiary/aromatic N) is 1. The van der Waals surface area contributed by atoms with E-state index in [1.165, 1.54) is 22.5 Å². The fraction of sp³-hybridized carbons (Fsp3) is 0.333. The molecule has 1 unspecified atom stereocenters. The van der Waals surface area contributed by atoms with Crippen LogP contribution < -0.4 is 4.90 Å². The molecular formula is C18H21N. The van der Waals surface area contributed by atoms with Gasteiger partial charge in [-0.2, -0.15) is 0 Å². The van der Waals surface area contributed by atoms with Gasteiger partial charge in [0.05, 0.1) is 0 Å². The van der Waals surface area contributed by atoms with Gasteiger partial charge in [-0.05, 0) is 49.4 Å². The topological polar surface area (TPSA) is 3.24 Å². The Hall–Kier alpha value is -1.76. The molecule has 0 N–H and O–H groups in total. The molecule has 0 radical (unpaired) electrons. The first-order chi connectivity index (χ1) is 9.31. The average molecular weight is 251 g/mol. The molecule has 0 fully saturated rings. The van der Waals surface area contributed by atoms with Crippen molar-refractivity contribution in [1.82, 2.24) is 0 Å². The Morgan fingerprint density at radius 2 is 1.37 bits per heavy atom. The Morgan fingerprint density at radius 1 is 0.895 bits per heavy atom. The van der Waals surface area contributed by atoms with E-state index in [4.69, 9.17) is 0 Å². The van der Waals surface area contributed by atoms with Gasteiger partial charge in [-0.3, -0.25) is 0 Å². The summed E-state index contributed by atoms with van der Waals surface area (Å²) in [5.74, 6) is 0. The molecule has 0 spiro atoms. The van der Waals surface area contributed by atoms with Crippen molar-refractivity contribution in [3.05, 3.63) is 59.7 Å². The Morgan fingerprint density at radius 3 is 1.84 bits per heavy atom.